The van der Waals surface area contributed by atoms with Gasteiger partial charge in [0.15, 0.2) is 5.96 Å². The Bertz CT molecular complexity index is 428. The summed E-state index contributed by atoms with van der Waals surface area (Å²) in [6.45, 7) is 5.68. The Morgan fingerprint density at radius 2 is 2.28 bits per heavy atom. The molecule has 2 rings (SSSR count). The van der Waals surface area contributed by atoms with Gasteiger partial charge < -0.3 is 10.6 Å². The number of hydrogen-bond acceptors (Lipinski definition) is 3. The van der Waals surface area contributed by atoms with Gasteiger partial charge in [-0.25, -0.2) is 9.98 Å². The first-order chi connectivity index (χ1) is 8.78. The number of nitrogens with one attached hydrogen (secondary N) is 2. The van der Waals surface area contributed by atoms with E-state index >= 15 is 0 Å². The third-order valence-corrected chi connectivity index (χ3v) is 3.65. The van der Waals surface area contributed by atoms with E-state index in [2.05, 4.69) is 39.7 Å². The van der Waals surface area contributed by atoms with Crippen molar-refractivity contribution in [3.63, 3.8) is 0 Å². The maximum Gasteiger partial charge on any atom is 0.191 e. The van der Waals surface area contributed by atoms with Gasteiger partial charge in [-0.3, -0.25) is 0 Å². The molecule has 0 spiro atoms. The molecule has 1 heterocycles. The van der Waals surface area contributed by atoms with E-state index < -0.39 is 0 Å². The molecule has 2 N–H and O–H groups in total. The van der Waals surface area contributed by atoms with Crippen LogP contribution < -0.4 is 10.6 Å². The van der Waals surface area contributed by atoms with Gasteiger partial charge in [-0.2, -0.15) is 0 Å². The number of aromatic nitrogens is 1. The summed E-state index contributed by atoms with van der Waals surface area (Å²) in [5.41, 5.74) is 0. The summed E-state index contributed by atoms with van der Waals surface area (Å²) in [6.07, 6.45) is 8.51. The third-order valence-electron chi connectivity index (χ3n) is 2.76. The molecule has 0 amide bonds. The molecule has 0 bridgehead atoms. The molecule has 0 saturated carbocycles. The van der Waals surface area contributed by atoms with Crippen LogP contribution in [-0.4, -0.2) is 23.5 Å². The number of hydrogen-bond donors (Lipinski definition) is 2. The van der Waals surface area contributed by atoms with Crippen LogP contribution in [0, 0.1) is 6.92 Å². The molecule has 98 valence electrons. The van der Waals surface area contributed by atoms with Crippen LogP contribution in [0.3, 0.4) is 0 Å². The molecule has 0 aromatic carbocycles. The maximum atomic E-state index is 4.60. The summed E-state index contributed by atoms with van der Waals surface area (Å²) in [6, 6.07) is 0.492. The van der Waals surface area contributed by atoms with Gasteiger partial charge in [-0.05, 0) is 26.7 Å². The van der Waals surface area contributed by atoms with Gasteiger partial charge in [0.1, 0.15) is 0 Å². The molecule has 0 fully saturated rings. The molecule has 0 saturated heterocycles. The lowest BCUT2D eigenvalue weighted by Crippen LogP contribution is -2.42. The van der Waals surface area contributed by atoms with E-state index in [1.807, 2.05) is 13.1 Å². The fourth-order valence-electron chi connectivity index (χ4n) is 1.88. The van der Waals surface area contributed by atoms with E-state index in [0.717, 1.165) is 30.4 Å². The lowest BCUT2D eigenvalue weighted by Gasteiger charge is -2.16. The highest BCUT2D eigenvalue weighted by atomic mass is 32.1. The fraction of sp³-hybridized carbons (Fsp3) is 0.538. The summed E-state index contributed by atoms with van der Waals surface area (Å²) in [7, 11) is 0. The van der Waals surface area contributed by atoms with Crippen molar-refractivity contribution in [3.8, 4) is 0 Å². The highest BCUT2D eigenvalue weighted by Gasteiger charge is 2.11. The molecule has 4 nitrogen and oxygen atoms in total. The molecule has 18 heavy (non-hydrogen) atoms. The van der Waals surface area contributed by atoms with Crippen molar-refractivity contribution < 1.29 is 0 Å². The molecule has 0 atom stereocenters. The van der Waals surface area contributed by atoms with Gasteiger partial charge in [-0.1, -0.05) is 12.2 Å². The smallest absolute Gasteiger partial charge is 0.191 e. The minimum Gasteiger partial charge on any atom is -0.357 e. The van der Waals surface area contributed by atoms with Gasteiger partial charge in [0.2, 0.25) is 0 Å². The molecule has 1 aliphatic rings. The Kier molecular flexibility index (Phi) is 4.75. The van der Waals surface area contributed by atoms with Crippen LogP contribution in [0.15, 0.2) is 23.3 Å². The molecule has 0 radical (unpaired) electrons. The molecule has 0 unspecified atom stereocenters. The third kappa shape index (κ3) is 3.84. The first kappa shape index (κ1) is 13.1. The van der Waals surface area contributed by atoms with E-state index in [4.69, 9.17) is 0 Å². The molecule has 1 aliphatic carbocycles. The molecule has 5 heteroatoms. The second-order valence-electron chi connectivity index (χ2n) is 4.32. The number of guanidine groups is 1. The Hall–Kier alpha value is -1.36. The SMILES string of the molecule is CCNC(=NCc1cnc(C)s1)NC1CC=CC1. The first-order valence-electron chi connectivity index (χ1n) is 6.39. The summed E-state index contributed by atoms with van der Waals surface area (Å²) in [5, 5.41) is 7.83. The monoisotopic (exact) mass is 264 g/mol. The Morgan fingerprint density at radius 3 is 2.89 bits per heavy atom. The minimum absolute atomic E-state index is 0.492. The van der Waals surface area contributed by atoms with Crippen molar-refractivity contribution in [2.75, 3.05) is 6.54 Å². The van der Waals surface area contributed by atoms with Gasteiger partial charge in [0, 0.05) is 23.7 Å². The molecule has 0 aliphatic heterocycles. The molecule has 1 aromatic rings. The normalized spacial score (nSPS) is 16.2. The highest BCUT2D eigenvalue weighted by Crippen LogP contribution is 2.12. The summed E-state index contributed by atoms with van der Waals surface area (Å²) < 4.78 is 0. The average Bonchev–Trinajstić information content (AvgIpc) is 2.98. The van der Waals surface area contributed by atoms with Crippen molar-refractivity contribution in [1.29, 1.82) is 0 Å². The summed E-state index contributed by atoms with van der Waals surface area (Å²) in [4.78, 5) is 10.0. The van der Waals surface area contributed by atoms with E-state index in [0.29, 0.717) is 12.6 Å². The van der Waals surface area contributed by atoms with Crippen LogP contribution in [0.25, 0.3) is 0 Å². The Labute approximate surface area is 112 Å². The topological polar surface area (TPSA) is 49.3 Å². The molecular formula is C13H20N4S. The first-order valence-corrected chi connectivity index (χ1v) is 7.20. The van der Waals surface area contributed by atoms with Crippen LogP contribution in [0.1, 0.15) is 29.7 Å². The Morgan fingerprint density at radius 1 is 1.50 bits per heavy atom. The number of rotatable bonds is 4. The van der Waals surface area contributed by atoms with Crippen LogP contribution in [0.4, 0.5) is 0 Å². The van der Waals surface area contributed by atoms with Gasteiger partial charge in [-0.15, -0.1) is 11.3 Å². The van der Waals surface area contributed by atoms with Gasteiger partial charge in [0.25, 0.3) is 0 Å². The van der Waals surface area contributed by atoms with Crippen molar-refractivity contribution in [1.82, 2.24) is 15.6 Å². The molecular weight excluding hydrogens is 244 g/mol. The van der Waals surface area contributed by atoms with E-state index in [1.54, 1.807) is 11.3 Å². The predicted molar refractivity (Wildman–Crippen MR) is 77.0 cm³/mol. The van der Waals surface area contributed by atoms with Gasteiger partial charge in [0.05, 0.1) is 11.6 Å². The zero-order chi connectivity index (χ0) is 12.8. The average molecular weight is 264 g/mol. The van der Waals surface area contributed by atoms with Crippen LogP contribution >= 0.6 is 11.3 Å². The second-order valence-corrected chi connectivity index (χ2v) is 5.64. The van der Waals surface area contributed by atoms with Gasteiger partial charge >= 0.3 is 0 Å². The van der Waals surface area contributed by atoms with Crippen molar-refractivity contribution in [2.45, 2.75) is 39.3 Å². The zero-order valence-corrected chi connectivity index (χ0v) is 11.8. The molecule has 1 aromatic heterocycles. The maximum absolute atomic E-state index is 4.60. The summed E-state index contributed by atoms with van der Waals surface area (Å²) in [5.74, 6) is 0.900. The lowest BCUT2D eigenvalue weighted by atomic mass is 10.2. The summed E-state index contributed by atoms with van der Waals surface area (Å²) >= 11 is 1.70. The van der Waals surface area contributed by atoms with Crippen LogP contribution in [0.2, 0.25) is 0 Å². The number of aliphatic imine (C=N–C) groups is 1. The standard InChI is InChI=1S/C13H20N4S/c1-3-14-13(17-11-6-4-5-7-11)16-9-12-8-15-10(2)18-12/h4-5,8,11H,3,6-7,9H2,1-2H3,(H2,14,16,17). The van der Waals surface area contributed by atoms with Crippen LogP contribution in [-0.2, 0) is 6.54 Å². The minimum atomic E-state index is 0.492. The number of aryl methyl sites for hydroxylation is 1. The van der Waals surface area contributed by atoms with Crippen LogP contribution in [0.5, 0.6) is 0 Å². The fourth-order valence-corrected chi connectivity index (χ4v) is 2.60. The van der Waals surface area contributed by atoms with E-state index in [1.165, 1.54) is 4.88 Å². The highest BCUT2D eigenvalue weighted by molar-refractivity contribution is 7.11. The number of nitrogens with zero attached hydrogens (tertiary/aromatic N) is 2. The van der Waals surface area contributed by atoms with Crippen molar-refractivity contribution >= 4 is 17.3 Å². The van der Waals surface area contributed by atoms with Crippen molar-refractivity contribution in [3.05, 3.63) is 28.2 Å². The van der Waals surface area contributed by atoms with E-state index in [9.17, 15) is 0 Å². The second kappa shape index (κ2) is 6.54. The van der Waals surface area contributed by atoms with Crippen molar-refractivity contribution in [2.24, 2.45) is 4.99 Å². The van der Waals surface area contributed by atoms with E-state index in [-0.39, 0.29) is 0 Å². The number of thiazole rings is 1. The zero-order valence-electron chi connectivity index (χ0n) is 10.9. The quantitative estimate of drug-likeness (QED) is 0.498. The lowest BCUT2D eigenvalue weighted by molar-refractivity contribution is 0.633. The predicted octanol–water partition coefficient (Wildman–Crippen LogP) is 2.23. The Balaban J connectivity index is 1.91. The largest absolute Gasteiger partial charge is 0.357 e.